The van der Waals surface area contributed by atoms with Crippen LogP contribution < -0.4 is 0 Å². The number of amides is 1. The van der Waals surface area contributed by atoms with Gasteiger partial charge in [-0.1, -0.05) is 11.6 Å². The number of methoxy groups -OCH3 is 1. The maximum absolute atomic E-state index is 13.2. The third-order valence-electron chi connectivity index (χ3n) is 4.46. The van der Waals surface area contributed by atoms with Gasteiger partial charge in [0, 0.05) is 13.1 Å². The van der Waals surface area contributed by atoms with Crippen LogP contribution in [0.2, 0.25) is 5.15 Å². The number of carbonyl (C=O) groups is 2. The molecule has 10 heteroatoms. The van der Waals surface area contributed by atoms with Gasteiger partial charge in [0.2, 0.25) is 0 Å². The molecule has 0 unspecified atom stereocenters. The molecule has 1 aliphatic heterocycles. The molecule has 1 saturated heterocycles. The Labute approximate surface area is 165 Å². The summed E-state index contributed by atoms with van der Waals surface area (Å²) < 4.78 is 49.7. The second-order valence-corrected chi connectivity index (χ2v) is 7.99. The molecule has 0 N–H and O–H groups in total. The molecule has 2 heterocycles. The van der Waals surface area contributed by atoms with Gasteiger partial charge in [-0.05, 0) is 45.7 Å². The summed E-state index contributed by atoms with van der Waals surface area (Å²) in [4.78, 5) is 30.2. The quantitative estimate of drug-likeness (QED) is 0.528. The minimum absolute atomic E-state index is 0.0313. The summed E-state index contributed by atoms with van der Waals surface area (Å²) in [6.07, 6.45) is -5.14. The maximum atomic E-state index is 13.2. The molecule has 0 atom stereocenters. The third kappa shape index (κ3) is 4.87. The second kappa shape index (κ2) is 7.77. The van der Waals surface area contributed by atoms with E-state index in [1.54, 1.807) is 20.8 Å². The first kappa shape index (κ1) is 22.3. The number of hydrogen-bond donors (Lipinski definition) is 0. The van der Waals surface area contributed by atoms with Crippen LogP contribution in [0, 0.1) is 0 Å². The molecule has 0 spiro atoms. The third-order valence-corrected chi connectivity index (χ3v) is 4.65. The minimum atomic E-state index is -4.64. The van der Waals surface area contributed by atoms with Crippen LogP contribution in [0.15, 0.2) is 12.1 Å². The molecule has 2 rings (SSSR count). The van der Waals surface area contributed by atoms with Crippen molar-refractivity contribution in [1.82, 2.24) is 9.88 Å². The molecule has 1 amide bonds. The highest BCUT2D eigenvalue weighted by Gasteiger charge is 2.47. The molecular weight excluding hydrogens is 401 g/mol. The molecule has 0 bridgehead atoms. The number of rotatable bonds is 2. The fourth-order valence-corrected chi connectivity index (χ4v) is 3.27. The SMILES string of the molecule is COC(=O)C1(c2cc(C(F)(F)F)cc(Cl)n2)CCN(C(=O)OC(C)(C)C)CC1. The van der Waals surface area contributed by atoms with Crippen molar-refractivity contribution in [2.45, 2.75) is 50.8 Å². The van der Waals surface area contributed by atoms with Gasteiger partial charge in [-0.25, -0.2) is 9.78 Å². The molecule has 6 nitrogen and oxygen atoms in total. The summed E-state index contributed by atoms with van der Waals surface area (Å²) in [5.74, 6) is -0.723. The van der Waals surface area contributed by atoms with E-state index in [0.717, 1.165) is 13.2 Å². The van der Waals surface area contributed by atoms with Crippen molar-refractivity contribution in [2.75, 3.05) is 20.2 Å². The van der Waals surface area contributed by atoms with Gasteiger partial charge in [0.15, 0.2) is 0 Å². The number of pyridine rings is 1. The van der Waals surface area contributed by atoms with E-state index >= 15 is 0 Å². The first-order chi connectivity index (χ1) is 12.8. The minimum Gasteiger partial charge on any atom is -0.468 e. The van der Waals surface area contributed by atoms with Gasteiger partial charge in [-0.3, -0.25) is 4.79 Å². The van der Waals surface area contributed by atoms with Crippen LogP contribution in [0.3, 0.4) is 0 Å². The van der Waals surface area contributed by atoms with Crippen molar-refractivity contribution >= 4 is 23.7 Å². The fraction of sp³-hybridized carbons (Fsp3) is 0.611. The number of aromatic nitrogens is 1. The van der Waals surface area contributed by atoms with Crippen LogP contribution in [0.25, 0.3) is 0 Å². The van der Waals surface area contributed by atoms with Crippen molar-refractivity contribution in [3.63, 3.8) is 0 Å². The lowest BCUT2D eigenvalue weighted by atomic mass is 9.75. The number of esters is 1. The van der Waals surface area contributed by atoms with E-state index in [2.05, 4.69) is 4.98 Å². The Balaban J connectivity index is 2.35. The predicted molar refractivity (Wildman–Crippen MR) is 95.0 cm³/mol. The van der Waals surface area contributed by atoms with Gasteiger partial charge in [0.1, 0.15) is 16.2 Å². The van der Waals surface area contributed by atoms with Crippen LogP contribution >= 0.6 is 11.6 Å². The Hall–Kier alpha value is -2.03. The number of carbonyl (C=O) groups excluding carboxylic acids is 2. The topological polar surface area (TPSA) is 68.7 Å². The van der Waals surface area contributed by atoms with Gasteiger partial charge in [-0.2, -0.15) is 13.2 Å². The molecule has 156 valence electrons. The number of alkyl halides is 3. The lowest BCUT2D eigenvalue weighted by Gasteiger charge is -2.39. The summed E-state index contributed by atoms with van der Waals surface area (Å²) in [7, 11) is 1.15. The summed E-state index contributed by atoms with van der Waals surface area (Å²) in [5.41, 5.74) is -3.24. The van der Waals surface area contributed by atoms with E-state index in [1.807, 2.05) is 0 Å². The average molecular weight is 423 g/mol. The zero-order valence-electron chi connectivity index (χ0n) is 16.0. The summed E-state index contributed by atoms with van der Waals surface area (Å²) in [6, 6.07) is 1.51. The van der Waals surface area contributed by atoms with E-state index in [9.17, 15) is 22.8 Å². The maximum Gasteiger partial charge on any atom is 0.416 e. The van der Waals surface area contributed by atoms with Crippen molar-refractivity contribution in [3.8, 4) is 0 Å². The van der Waals surface area contributed by atoms with E-state index < -0.39 is 34.8 Å². The average Bonchev–Trinajstić information content (AvgIpc) is 2.58. The molecule has 1 aromatic heterocycles. The highest BCUT2D eigenvalue weighted by atomic mass is 35.5. The highest BCUT2D eigenvalue weighted by molar-refractivity contribution is 6.29. The molecule has 0 radical (unpaired) electrons. The van der Waals surface area contributed by atoms with E-state index in [0.29, 0.717) is 6.07 Å². The van der Waals surface area contributed by atoms with E-state index in [4.69, 9.17) is 21.1 Å². The van der Waals surface area contributed by atoms with Crippen molar-refractivity contribution in [1.29, 1.82) is 0 Å². The Morgan fingerprint density at radius 2 is 1.75 bits per heavy atom. The Morgan fingerprint density at radius 3 is 2.21 bits per heavy atom. The van der Waals surface area contributed by atoms with E-state index in [1.165, 1.54) is 4.90 Å². The standard InChI is InChI=1S/C18H22ClF3N2O4/c1-16(2,3)28-15(26)24-7-5-17(6-8-24,14(25)27-4)12-9-11(18(20,21)22)10-13(19)23-12/h9-10H,5-8H2,1-4H3. The Bertz CT molecular complexity index is 754. The first-order valence-corrected chi connectivity index (χ1v) is 8.98. The molecule has 1 fully saturated rings. The summed E-state index contributed by atoms with van der Waals surface area (Å²) in [6.45, 7) is 5.37. The predicted octanol–water partition coefficient (Wildman–Crippen LogP) is 4.20. The van der Waals surface area contributed by atoms with Crippen molar-refractivity contribution < 1.29 is 32.2 Å². The smallest absolute Gasteiger partial charge is 0.416 e. The molecule has 0 aliphatic carbocycles. The molecule has 1 aliphatic rings. The summed E-state index contributed by atoms with van der Waals surface area (Å²) in [5, 5.41) is -0.373. The molecule has 0 aromatic carbocycles. The fourth-order valence-electron chi connectivity index (χ4n) is 3.06. The number of ether oxygens (including phenoxy) is 2. The van der Waals surface area contributed by atoms with Crippen LogP contribution in [0.1, 0.15) is 44.9 Å². The van der Waals surface area contributed by atoms with Crippen LogP contribution in [-0.4, -0.2) is 47.7 Å². The van der Waals surface area contributed by atoms with Gasteiger partial charge >= 0.3 is 18.2 Å². The number of nitrogens with zero attached hydrogens (tertiary/aromatic N) is 2. The first-order valence-electron chi connectivity index (χ1n) is 8.60. The number of halogens is 4. The summed E-state index contributed by atoms with van der Waals surface area (Å²) >= 11 is 5.79. The number of likely N-dealkylation sites (tertiary alicyclic amines) is 1. The van der Waals surface area contributed by atoms with Crippen LogP contribution in [0.4, 0.5) is 18.0 Å². The Morgan fingerprint density at radius 1 is 1.18 bits per heavy atom. The highest BCUT2D eigenvalue weighted by Crippen LogP contribution is 2.39. The second-order valence-electron chi connectivity index (χ2n) is 7.60. The largest absolute Gasteiger partial charge is 0.468 e. The lowest BCUT2D eigenvalue weighted by Crippen LogP contribution is -2.50. The van der Waals surface area contributed by atoms with Crippen LogP contribution in [0.5, 0.6) is 0 Å². The van der Waals surface area contributed by atoms with Gasteiger partial charge in [-0.15, -0.1) is 0 Å². The molecular formula is C18H22ClF3N2O4. The molecule has 28 heavy (non-hydrogen) atoms. The monoisotopic (exact) mass is 422 g/mol. The number of piperidine rings is 1. The lowest BCUT2D eigenvalue weighted by molar-refractivity contribution is -0.150. The van der Waals surface area contributed by atoms with Crippen LogP contribution in [-0.2, 0) is 25.9 Å². The van der Waals surface area contributed by atoms with Gasteiger partial charge in [0.05, 0.1) is 18.4 Å². The number of hydrogen-bond acceptors (Lipinski definition) is 5. The Kier molecular flexibility index (Phi) is 6.18. The zero-order valence-corrected chi connectivity index (χ0v) is 16.8. The molecule has 0 saturated carbocycles. The zero-order chi connectivity index (χ0) is 21.3. The molecule has 1 aromatic rings. The van der Waals surface area contributed by atoms with Crippen molar-refractivity contribution in [3.05, 3.63) is 28.5 Å². The van der Waals surface area contributed by atoms with Gasteiger partial charge in [0.25, 0.3) is 0 Å². The van der Waals surface area contributed by atoms with Gasteiger partial charge < -0.3 is 14.4 Å². The van der Waals surface area contributed by atoms with Crippen molar-refractivity contribution in [2.24, 2.45) is 0 Å². The van der Waals surface area contributed by atoms with E-state index in [-0.39, 0.29) is 36.8 Å². The normalized spacial score (nSPS) is 17.2.